The second kappa shape index (κ2) is 12.4. The third kappa shape index (κ3) is 6.20. The number of hydrogen-bond donors (Lipinski definition) is 1. The Kier molecular flexibility index (Phi) is 8.66. The number of anilines is 1. The van der Waals surface area contributed by atoms with E-state index in [1.165, 1.54) is 4.90 Å². The van der Waals surface area contributed by atoms with E-state index in [0.29, 0.717) is 36.4 Å². The van der Waals surface area contributed by atoms with Gasteiger partial charge in [0.15, 0.2) is 11.5 Å². The molecule has 3 aromatic carbocycles. The fourth-order valence-electron chi connectivity index (χ4n) is 5.86. The second-order valence-electron chi connectivity index (χ2n) is 12.2. The first-order valence-electron chi connectivity index (χ1n) is 14.9. The van der Waals surface area contributed by atoms with Gasteiger partial charge in [0.1, 0.15) is 13.2 Å². The average molecular weight is 569 g/mol. The monoisotopic (exact) mass is 568 g/mol. The van der Waals surface area contributed by atoms with Gasteiger partial charge in [0.05, 0.1) is 17.7 Å². The molecule has 0 aromatic heterocycles. The van der Waals surface area contributed by atoms with E-state index in [1.807, 2.05) is 36.4 Å². The first-order chi connectivity index (χ1) is 20.2. The van der Waals surface area contributed by atoms with Crippen LogP contribution in [0.4, 0.5) is 5.69 Å². The van der Waals surface area contributed by atoms with Crippen molar-refractivity contribution < 1.29 is 23.9 Å². The number of carbonyl (C=O) groups is 3. The van der Waals surface area contributed by atoms with Crippen LogP contribution in [0.25, 0.3) is 0 Å². The normalized spacial score (nSPS) is 15.0. The molecule has 42 heavy (non-hydrogen) atoms. The maximum Gasteiger partial charge on any atom is 0.261 e. The zero-order valence-electron chi connectivity index (χ0n) is 25.0. The molecule has 3 amide bonds. The van der Waals surface area contributed by atoms with Crippen LogP contribution in [0, 0.1) is 0 Å². The largest absolute Gasteiger partial charge is 0.486 e. The number of hydrogen-bond acceptors (Lipinski definition) is 5. The summed E-state index contributed by atoms with van der Waals surface area (Å²) < 4.78 is 11.8. The number of carbonyl (C=O) groups excluding carboxylic acids is 3. The van der Waals surface area contributed by atoms with E-state index < -0.39 is 0 Å². The van der Waals surface area contributed by atoms with Crippen LogP contribution in [0.1, 0.15) is 103 Å². The fourth-order valence-corrected chi connectivity index (χ4v) is 5.86. The van der Waals surface area contributed by atoms with E-state index in [0.717, 1.165) is 53.9 Å². The average Bonchev–Trinajstić information content (AvgIpc) is 3.21. The Morgan fingerprint density at radius 3 is 2.33 bits per heavy atom. The zero-order chi connectivity index (χ0) is 29.9. The Balaban J connectivity index is 1.38. The van der Waals surface area contributed by atoms with Crippen molar-refractivity contribution in [3.63, 3.8) is 0 Å². The second-order valence-corrected chi connectivity index (χ2v) is 12.2. The number of para-hydroxylation sites is 1. The summed E-state index contributed by atoms with van der Waals surface area (Å²) in [6.07, 6.45) is 4.38. The molecule has 5 rings (SSSR count). The Bertz CT molecular complexity index is 1450. The van der Waals surface area contributed by atoms with E-state index >= 15 is 0 Å². The molecule has 7 heteroatoms. The van der Waals surface area contributed by atoms with E-state index in [1.54, 1.807) is 24.3 Å². The number of nitrogens with one attached hydrogen (secondary N) is 1. The van der Waals surface area contributed by atoms with E-state index in [-0.39, 0.29) is 35.6 Å². The molecule has 1 N–H and O–H groups in total. The molecular weight excluding hydrogens is 528 g/mol. The number of imide groups is 1. The lowest BCUT2D eigenvalue weighted by Crippen LogP contribution is -2.29. The molecule has 0 saturated heterocycles. The molecule has 3 aromatic rings. The fraction of sp³-hybridized carbons (Fsp3) is 0.400. The first-order valence-corrected chi connectivity index (χ1v) is 14.9. The molecule has 2 aliphatic rings. The van der Waals surface area contributed by atoms with Crippen LogP contribution in [0.15, 0.2) is 60.7 Å². The van der Waals surface area contributed by atoms with Gasteiger partial charge in [0.25, 0.3) is 11.8 Å². The molecule has 0 saturated carbocycles. The number of rotatable bonds is 10. The van der Waals surface area contributed by atoms with Crippen molar-refractivity contribution in [2.75, 3.05) is 18.5 Å². The lowest BCUT2D eigenvalue weighted by Gasteiger charge is -2.27. The summed E-state index contributed by atoms with van der Waals surface area (Å²) in [5.41, 5.74) is 4.08. The summed E-state index contributed by atoms with van der Waals surface area (Å²) in [6, 6.07) is 18.6. The quantitative estimate of drug-likeness (QED) is 0.206. The zero-order valence-corrected chi connectivity index (χ0v) is 25.0. The standard InChI is InChI=1S/C35H40N2O5/c1-5-6-7-11-24(25-14-10-15-30-32(25)42-19-18-41-30)21-31(38)36-29-20-23(16-17-28(29)35(2,3)4)22-37-33(39)26-12-8-9-13-27(26)34(37)40/h8-10,12-17,20,24H,5-7,11,18-19,21-22H2,1-4H3,(H,36,38). The van der Waals surface area contributed by atoms with Gasteiger partial charge in [0.2, 0.25) is 5.91 Å². The van der Waals surface area contributed by atoms with Crippen LogP contribution in [0.2, 0.25) is 0 Å². The van der Waals surface area contributed by atoms with Crippen molar-refractivity contribution in [1.82, 2.24) is 4.90 Å². The van der Waals surface area contributed by atoms with Crippen molar-refractivity contribution in [3.05, 3.63) is 88.5 Å². The van der Waals surface area contributed by atoms with Gasteiger partial charge in [-0.2, -0.15) is 0 Å². The van der Waals surface area contributed by atoms with Gasteiger partial charge in [-0.15, -0.1) is 0 Å². The van der Waals surface area contributed by atoms with Gasteiger partial charge in [-0.25, -0.2) is 0 Å². The Labute approximate surface area is 248 Å². The van der Waals surface area contributed by atoms with Crippen molar-refractivity contribution in [1.29, 1.82) is 0 Å². The number of benzene rings is 3. The lowest BCUT2D eigenvalue weighted by molar-refractivity contribution is -0.116. The molecule has 220 valence electrons. The van der Waals surface area contributed by atoms with Crippen LogP contribution in [-0.2, 0) is 16.8 Å². The number of fused-ring (bicyclic) bond motifs is 2. The maximum absolute atomic E-state index is 13.7. The van der Waals surface area contributed by atoms with Gasteiger partial charge in [0, 0.05) is 17.7 Å². The van der Waals surface area contributed by atoms with Crippen molar-refractivity contribution in [2.24, 2.45) is 0 Å². The smallest absolute Gasteiger partial charge is 0.261 e. The van der Waals surface area contributed by atoms with E-state index in [9.17, 15) is 14.4 Å². The van der Waals surface area contributed by atoms with Crippen molar-refractivity contribution >= 4 is 23.4 Å². The molecule has 2 heterocycles. The summed E-state index contributed by atoms with van der Waals surface area (Å²) in [5, 5.41) is 3.19. The summed E-state index contributed by atoms with van der Waals surface area (Å²) in [7, 11) is 0. The third-order valence-electron chi connectivity index (χ3n) is 8.01. The van der Waals surface area contributed by atoms with E-state index in [2.05, 4.69) is 33.0 Å². The van der Waals surface area contributed by atoms with Gasteiger partial charge < -0.3 is 14.8 Å². The number of amides is 3. The molecule has 0 fully saturated rings. The first kappa shape index (κ1) is 29.4. The SMILES string of the molecule is CCCCCC(CC(=O)Nc1cc(CN2C(=O)c3ccccc3C2=O)ccc1C(C)(C)C)c1cccc2c1OCCO2. The lowest BCUT2D eigenvalue weighted by atomic mass is 9.84. The molecule has 1 atom stereocenters. The summed E-state index contributed by atoms with van der Waals surface area (Å²) in [6.45, 7) is 9.62. The summed E-state index contributed by atoms with van der Waals surface area (Å²) >= 11 is 0. The molecule has 7 nitrogen and oxygen atoms in total. The Morgan fingerprint density at radius 2 is 1.64 bits per heavy atom. The maximum atomic E-state index is 13.7. The minimum absolute atomic E-state index is 0.0205. The molecular formula is C35H40N2O5. The van der Waals surface area contributed by atoms with Crippen LogP contribution in [0.5, 0.6) is 11.5 Å². The highest BCUT2D eigenvalue weighted by Gasteiger charge is 2.35. The Morgan fingerprint density at radius 1 is 0.929 bits per heavy atom. The Hall–Kier alpha value is -4.13. The van der Waals surface area contributed by atoms with Gasteiger partial charge >= 0.3 is 0 Å². The predicted molar refractivity (Wildman–Crippen MR) is 163 cm³/mol. The molecule has 0 bridgehead atoms. The molecule has 0 radical (unpaired) electrons. The van der Waals surface area contributed by atoms with Gasteiger partial charge in [-0.1, -0.05) is 83.4 Å². The predicted octanol–water partition coefficient (Wildman–Crippen LogP) is 7.24. The molecule has 0 aliphatic carbocycles. The van der Waals surface area contributed by atoms with Crippen LogP contribution in [0.3, 0.4) is 0 Å². The minimum atomic E-state index is -0.298. The van der Waals surface area contributed by atoms with Crippen LogP contribution in [-0.4, -0.2) is 35.8 Å². The topological polar surface area (TPSA) is 84.9 Å². The molecule has 2 aliphatic heterocycles. The minimum Gasteiger partial charge on any atom is -0.486 e. The number of ether oxygens (including phenoxy) is 2. The summed E-state index contributed by atoms with van der Waals surface area (Å²) in [4.78, 5) is 40.9. The number of nitrogens with zero attached hydrogens (tertiary/aromatic N) is 1. The van der Waals surface area contributed by atoms with Crippen LogP contribution >= 0.6 is 0 Å². The third-order valence-corrected chi connectivity index (χ3v) is 8.01. The van der Waals surface area contributed by atoms with Crippen molar-refractivity contribution in [3.8, 4) is 11.5 Å². The summed E-state index contributed by atoms with van der Waals surface area (Å²) in [5.74, 6) is 0.774. The van der Waals surface area contributed by atoms with E-state index in [4.69, 9.17) is 9.47 Å². The molecule has 0 spiro atoms. The van der Waals surface area contributed by atoms with Crippen molar-refractivity contribution in [2.45, 2.75) is 77.7 Å². The number of unbranched alkanes of at least 4 members (excludes halogenated alkanes) is 2. The van der Waals surface area contributed by atoms with Gasteiger partial charge in [-0.05, 0) is 53.1 Å². The molecule has 1 unspecified atom stereocenters. The van der Waals surface area contributed by atoms with Gasteiger partial charge in [-0.3, -0.25) is 19.3 Å². The highest BCUT2D eigenvalue weighted by molar-refractivity contribution is 6.21. The highest BCUT2D eigenvalue weighted by atomic mass is 16.6. The van der Waals surface area contributed by atoms with Crippen LogP contribution < -0.4 is 14.8 Å². The highest BCUT2D eigenvalue weighted by Crippen LogP contribution is 2.41.